The highest BCUT2D eigenvalue weighted by Crippen LogP contribution is 2.20. The molecule has 4 nitrogen and oxygen atoms in total. The molecular weight excluding hydrogens is 294 g/mol. The van der Waals surface area contributed by atoms with Gasteiger partial charge in [0.1, 0.15) is 5.75 Å². The molecule has 0 fully saturated rings. The smallest absolute Gasteiger partial charge is 0.180 e. The summed E-state index contributed by atoms with van der Waals surface area (Å²) in [6, 6.07) is 7.98. The number of hydrogen-bond acceptors (Lipinski definition) is 5. The second-order valence-corrected chi connectivity index (χ2v) is 5.90. The molecule has 0 aliphatic heterocycles. The van der Waals surface area contributed by atoms with Crippen LogP contribution >= 0.6 is 23.7 Å². The third kappa shape index (κ3) is 5.27. The zero-order valence-corrected chi connectivity index (χ0v) is 13.3. The Morgan fingerprint density at radius 3 is 2.85 bits per heavy atom. The van der Waals surface area contributed by atoms with E-state index >= 15 is 0 Å². The molecule has 1 aromatic heterocycles. The topological polar surface area (TPSA) is 60.2 Å². The van der Waals surface area contributed by atoms with Gasteiger partial charge in [-0.3, -0.25) is 0 Å². The summed E-state index contributed by atoms with van der Waals surface area (Å²) in [5.41, 5.74) is 6.63. The highest BCUT2D eigenvalue weighted by Gasteiger charge is 2.01. The average Bonchev–Trinajstić information content (AvgIpc) is 2.80. The lowest BCUT2D eigenvalue weighted by Gasteiger charge is -2.10. The van der Waals surface area contributed by atoms with Gasteiger partial charge in [-0.25, -0.2) is 4.98 Å². The van der Waals surface area contributed by atoms with Gasteiger partial charge < -0.3 is 15.8 Å². The van der Waals surface area contributed by atoms with E-state index in [2.05, 4.69) is 24.1 Å². The predicted molar refractivity (Wildman–Crippen MR) is 87.9 cm³/mol. The van der Waals surface area contributed by atoms with Crippen molar-refractivity contribution in [1.82, 2.24) is 4.98 Å². The summed E-state index contributed by atoms with van der Waals surface area (Å²) in [7, 11) is 0. The summed E-state index contributed by atoms with van der Waals surface area (Å²) >= 11 is 1.50. The van der Waals surface area contributed by atoms with Crippen molar-refractivity contribution in [2.45, 2.75) is 20.4 Å². The molecule has 0 aliphatic rings. The Morgan fingerprint density at radius 2 is 2.20 bits per heavy atom. The fraction of sp³-hybridized carbons (Fsp3) is 0.357. The van der Waals surface area contributed by atoms with Gasteiger partial charge in [-0.15, -0.1) is 23.7 Å². The first kappa shape index (κ1) is 16.6. The number of anilines is 2. The summed E-state index contributed by atoms with van der Waals surface area (Å²) in [5, 5.41) is 3.94. The lowest BCUT2D eigenvalue weighted by atomic mass is 10.2. The van der Waals surface area contributed by atoms with Crippen LogP contribution in [0.1, 0.15) is 18.7 Å². The fourth-order valence-corrected chi connectivity index (χ4v) is 2.18. The number of nitrogen functional groups attached to an aromatic ring is 1. The number of benzene rings is 1. The number of thiazole rings is 1. The fourth-order valence-electron chi connectivity index (χ4n) is 1.55. The van der Waals surface area contributed by atoms with Crippen molar-refractivity contribution >= 4 is 34.6 Å². The lowest BCUT2D eigenvalue weighted by Crippen LogP contribution is -2.05. The van der Waals surface area contributed by atoms with Gasteiger partial charge in [0.2, 0.25) is 0 Å². The summed E-state index contributed by atoms with van der Waals surface area (Å²) < 4.78 is 5.69. The van der Waals surface area contributed by atoms with Gasteiger partial charge in [-0.05, 0) is 18.1 Å². The molecule has 0 spiro atoms. The molecule has 0 bridgehead atoms. The van der Waals surface area contributed by atoms with Gasteiger partial charge in [-0.2, -0.15) is 0 Å². The molecule has 20 heavy (non-hydrogen) atoms. The molecule has 0 aliphatic carbocycles. The van der Waals surface area contributed by atoms with E-state index in [9.17, 15) is 0 Å². The first-order chi connectivity index (χ1) is 9.13. The van der Waals surface area contributed by atoms with Crippen LogP contribution in [0, 0.1) is 5.92 Å². The molecule has 0 saturated heterocycles. The van der Waals surface area contributed by atoms with E-state index in [1.54, 1.807) is 6.20 Å². The van der Waals surface area contributed by atoms with E-state index in [-0.39, 0.29) is 12.4 Å². The Kier molecular flexibility index (Phi) is 6.61. The number of nitrogens with two attached hydrogens (primary N) is 1. The van der Waals surface area contributed by atoms with Gasteiger partial charge in [-0.1, -0.05) is 19.9 Å². The van der Waals surface area contributed by atoms with Crippen LogP contribution in [0.4, 0.5) is 10.8 Å². The van der Waals surface area contributed by atoms with E-state index in [0.29, 0.717) is 11.0 Å². The Hall–Kier alpha value is -1.46. The second kappa shape index (κ2) is 7.97. The minimum absolute atomic E-state index is 0. The molecule has 0 radical (unpaired) electrons. The maximum atomic E-state index is 5.69. The highest BCUT2D eigenvalue weighted by atomic mass is 35.5. The molecule has 2 rings (SSSR count). The maximum Gasteiger partial charge on any atom is 0.180 e. The molecule has 0 atom stereocenters. The maximum absolute atomic E-state index is 5.69. The number of nitrogens with one attached hydrogen (secondary N) is 1. The first-order valence-electron chi connectivity index (χ1n) is 6.30. The van der Waals surface area contributed by atoms with Gasteiger partial charge in [0.15, 0.2) is 5.13 Å². The third-order valence-electron chi connectivity index (χ3n) is 2.46. The van der Waals surface area contributed by atoms with E-state index in [1.165, 1.54) is 11.3 Å². The van der Waals surface area contributed by atoms with Crippen LogP contribution in [0.2, 0.25) is 0 Å². The number of rotatable bonds is 6. The summed E-state index contributed by atoms with van der Waals surface area (Å²) in [4.78, 5) is 5.14. The number of aromatic nitrogens is 1. The number of ether oxygens (including phenoxy) is 1. The molecule has 6 heteroatoms. The molecule has 0 amide bonds. The monoisotopic (exact) mass is 313 g/mol. The molecular formula is C14H20ClN3OS. The van der Waals surface area contributed by atoms with Crippen LogP contribution in [0.5, 0.6) is 5.75 Å². The van der Waals surface area contributed by atoms with E-state index in [4.69, 9.17) is 10.5 Å². The quantitative estimate of drug-likeness (QED) is 0.851. The van der Waals surface area contributed by atoms with E-state index < -0.39 is 0 Å². The molecule has 2 aromatic rings. The number of hydrogen-bond donors (Lipinski definition) is 2. The van der Waals surface area contributed by atoms with E-state index in [0.717, 1.165) is 29.5 Å². The Balaban J connectivity index is 0.00000200. The highest BCUT2D eigenvalue weighted by molar-refractivity contribution is 7.15. The minimum Gasteiger partial charge on any atom is -0.493 e. The van der Waals surface area contributed by atoms with Crippen LogP contribution in [-0.4, -0.2) is 11.6 Å². The molecule has 110 valence electrons. The van der Waals surface area contributed by atoms with Gasteiger partial charge in [0, 0.05) is 22.8 Å². The normalized spacial score (nSPS) is 10.2. The Morgan fingerprint density at radius 1 is 1.40 bits per heavy atom. The van der Waals surface area contributed by atoms with Crippen LogP contribution in [0.3, 0.4) is 0 Å². The van der Waals surface area contributed by atoms with Gasteiger partial charge >= 0.3 is 0 Å². The Labute approximate surface area is 129 Å². The SMILES string of the molecule is CC(C)COc1cccc(NCc2cnc(N)s2)c1.Cl. The summed E-state index contributed by atoms with van der Waals surface area (Å²) in [6.45, 7) is 5.73. The van der Waals surface area contributed by atoms with Gasteiger partial charge in [0.05, 0.1) is 13.2 Å². The molecule has 3 N–H and O–H groups in total. The lowest BCUT2D eigenvalue weighted by molar-refractivity contribution is 0.271. The molecule has 0 unspecified atom stereocenters. The van der Waals surface area contributed by atoms with Crippen molar-refractivity contribution in [1.29, 1.82) is 0 Å². The van der Waals surface area contributed by atoms with Crippen LogP contribution in [-0.2, 0) is 6.54 Å². The van der Waals surface area contributed by atoms with Gasteiger partial charge in [0.25, 0.3) is 0 Å². The van der Waals surface area contributed by atoms with E-state index in [1.807, 2.05) is 24.3 Å². The average molecular weight is 314 g/mol. The summed E-state index contributed by atoms with van der Waals surface area (Å²) in [5.74, 6) is 1.42. The predicted octanol–water partition coefficient (Wildman–Crippen LogP) is 3.79. The molecule has 1 aromatic carbocycles. The van der Waals surface area contributed by atoms with Crippen molar-refractivity contribution in [3.63, 3.8) is 0 Å². The van der Waals surface area contributed by atoms with Crippen molar-refractivity contribution in [3.05, 3.63) is 35.3 Å². The zero-order valence-electron chi connectivity index (χ0n) is 11.6. The van der Waals surface area contributed by atoms with Crippen LogP contribution < -0.4 is 15.8 Å². The Bertz CT molecular complexity index is 531. The third-order valence-corrected chi connectivity index (χ3v) is 3.28. The van der Waals surface area contributed by atoms with Crippen LogP contribution in [0.15, 0.2) is 30.5 Å². The molecule has 0 saturated carbocycles. The van der Waals surface area contributed by atoms with Crippen molar-refractivity contribution in [3.8, 4) is 5.75 Å². The van der Waals surface area contributed by atoms with Crippen molar-refractivity contribution in [2.24, 2.45) is 5.92 Å². The number of halogens is 1. The summed E-state index contributed by atoms with van der Waals surface area (Å²) in [6.07, 6.45) is 1.80. The van der Waals surface area contributed by atoms with Crippen molar-refractivity contribution < 1.29 is 4.74 Å². The zero-order chi connectivity index (χ0) is 13.7. The molecule has 1 heterocycles. The second-order valence-electron chi connectivity index (χ2n) is 4.75. The van der Waals surface area contributed by atoms with Crippen molar-refractivity contribution in [2.75, 3.05) is 17.7 Å². The standard InChI is InChI=1S/C14H19N3OS.ClH/c1-10(2)9-18-12-5-3-4-11(6-12)16-7-13-8-17-14(15)19-13;/h3-6,8,10,16H,7,9H2,1-2H3,(H2,15,17);1H. The first-order valence-corrected chi connectivity index (χ1v) is 7.12. The van der Waals surface area contributed by atoms with Crippen LogP contribution in [0.25, 0.3) is 0 Å². The number of nitrogens with zero attached hydrogens (tertiary/aromatic N) is 1. The largest absolute Gasteiger partial charge is 0.493 e. The minimum atomic E-state index is 0.